The van der Waals surface area contributed by atoms with Crippen molar-refractivity contribution in [1.82, 2.24) is 4.72 Å². The van der Waals surface area contributed by atoms with Crippen LogP contribution in [0.5, 0.6) is 0 Å². The summed E-state index contributed by atoms with van der Waals surface area (Å²) in [6, 6.07) is 2.18. The fraction of sp³-hybridized carbons (Fsp3) is 0.538. The summed E-state index contributed by atoms with van der Waals surface area (Å²) in [5.74, 6) is -1.33. The molecule has 0 aliphatic heterocycles. The van der Waals surface area contributed by atoms with Gasteiger partial charge >= 0.3 is 6.18 Å². The van der Waals surface area contributed by atoms with Crippen molar-refractivity contribution >= 4 is 11.4 Å². The molecule has 0 aliphatic rings. The molecule has 0 radical (unpaired) electrons. The maximum Gasteiger partial charge on any atom is 0.419 e. The molecule has 0 aromatic heterocycles. The molecule has 1 aromatic carbocycles. The van der Waals surface area contributed by atoms with Gasteiger partial charge in [0.05, 0.1) is 11.6 Å². The van der Waals surface area contributed by atoms with Gasteiger partial charge in [0.15, 0.2) is 0 Å². The van der Waals surface area contributed by atoms with Crippen molar-refractivity contribution in [3.63, 3.8) is 0 Å². The quantitative estimate of drug-likeness (QED) is 0.677. The van der Waals surface area contributed by atoms with Crippen molar-refractivity contribution in [3.8, 4) is 0 Å². The van der Waals surface area contributed by atoms with Crippen LogP contribution in [0.15, 0.2) is 18.2 Å². The van der Waals surface area contributed by atoms with Gasteiger partial charge in [-0.05, 0) is 45.4 Å². The predicted molar refractivity (Wildman–Crippen MR) is 70.8 cm³/mol. The number of rotatable bonds is 3. The van der Waals surface area contributed by atoms with Crippen LogP contribution in [-0.2, 0) is 17.5 Å². The number of hydrogen-bond acceptors (Lipinski definition) is 2. The van der Waals surface area contributed by atoms with E-state index >= 15 is 0 Å². The van der Waals surface area contributed by atoms with Crippen molar-refractivity contribution in [3.05, 3.63) is 35.1 Å². The lowest BCUT2D eigenvalue weighted by Crippen LogP contribution is -2.40. The molecular weight excluding hydrogens is 294 g/mol. The molecule has 0 saturated carbocycles. The van der Waals surface area contributed by atoms with Gasteiger partial charge in [-0.1, -0.05) is 6.07 Å². The van der Waals surface area contributed by atoms with E-state index in [0.29, 0.717) is 11.6 Å². The molecule has 20 heavy (non-hydrogen) atoms. The zero-order valence-corrected chi connectivity index (χ0v) is 12.5. The minimum atomic E-state index is -4.71. The highest BCUT2D eigenvalue weighted by Gasteiger charge is 2.34. The molecule has 7 heteroatoms. The third kappa shape index (κ3) is 4.36. The van der Waals surface area contributed by atoms with Crippen LogP contribution in [0.1, 0.15) is 44.9 Å². The number of benzene rings is 1. The van der Waals surface area contributed by atoms with Crippen LogP contribution in [0.3, 0.4) is 0 Å². The first-order chi connectivity index (χ1) is 8.93. The lowest BCUT2D eigenvalue weighted by atomic mass is 10.1. The van der Waals surface area contributed by atoms with Gasteiger partial charge in [-0.15, -0.1) is 4.72 Å². The van der Waals surface area contributed by atoms with Gasteiger partial charge in [0.1, 0.15) is 10.6 Å². The summed E-state index contributed by atoms with van der Waals surface area (Å²) in [6.45, 7) is 6.90. The van der Waals surface area contributed by atoms with Gasteiger partial charge in [-0.2, -0.15) is 13.2 Å². The van der Waals surface area contributed by atoms with Gasteiger partial charge in [0, 0.05) is 11.4 Å². The fourth-order valence-corrected chi connectivity index (χ4v) is 2.25. The monoisotopic (exact) mass is 311 g/mol. The van der Waals surface area contributed by atoms with E-state index in [0.717, 1.165) is 6.07 Å². The molecule has 2 atom stereocenters. The highest BCUT2D eigenvalue weighted by molar-refractivity contribution is 7.90. The Morgan fingerprint density at radius 3 is 2.15 bits per heavy atom. The lowest BCUT2D eigenvalue weighted by molar-refractivity contribution is -0.140. The summed E-state index contributed by atoms with van der Waals surface area (Å²) in [6.07, 6.45) is -4.71. The van der Waals surface area contributed by atoms with Crippen LogP contribution >= 0.6 is 0 Å². The molecule has 0 unspecified atom stereocenters. The number of alkyl halides is 3. The lowest BCUT2D eigenvalue weighted by Gasteiger charge is -2.26. The third-order valence-corrected chi connectivity index (χ3v) is 4.32. The van der Waals surface area contributed by atoms with Gasteiger partial charge < -0.3 is 4.55 Å². The topological polar surface area (TPSA) is 35.1 Å². The average Bonchev–Trinajstić information content (AvgIpc) is 2.25. The molecule has 0 fully saturated rings. The Morgan fingerprint density at radius 1 is 1.20 bits per heavy atom. The van der Waals surface area contributed by atoms with Gasteiger partial charge in [0.2, 0.25) is 0 Å². The smallest absolute Gasteiger partial charge is 0.419 e. The van der Waals surface area contributed by atoms with Crippen molar-refractivity contribution < 1.29 is 22.1 Å². The van der Waals surface area contributed by atoms with E-state index in [4.69, 9.17) is 0 Å². The Morgan fingerprint density at radius 2 is 1.75 bits per heavy atom. The maximum absolute atomic E-state index is 13.5. The van der Waals surface area contributed by atoms with E-state index in [9.17, 15) is 22.1 Å². The second kappa shape index (κ2) is 5.91. The normalized spacial score (nSPS) is 16.1. The summed E-state index contributed by atoms with van der Waals surface area (Å²) in [4.78, 5) is 0. The van der Waals surface area contributed by atoms with Gasteiger partial charge in [-0.3, -0.25) is 0 Å². The first kappa shape index (κ1) is 17.3. The van der Waals surface area contributed by atoms with E-state index in [1.54, 1.807) is 27.7 Å². The summed E-state index contributed by atoms with van der Waals surface area (Å²) < 4.78 is 64.9. The first-order valence-corrected chi connectivity index (χ1v) is 7.12. The Labute approximate surface area is 118 Å². The third-order valence-electron chi connectivity index (χ3n) is 2.64. The molecule has 0 aliphatic carbocycles. The summed E-state index contributed by atoms with van der Waals surface area (Å²) >= 11 is -1.39. The van der Waals surface area contributed by atoms with Crippen LogP contribution < -0.4 is 4.72 Å². The van der Waals surface area contributed by atoms with E-state index in [1.165, 1.54) is 6.07 Å². The SMILES string of the molecule is C[C@H](N[S@@+]([O-])C(C)(C)C)c1ccc(C(F)(F)F)c(F)c1. The Balaban J connectivity index is 2.91. The molecule has 0 spiro atoms. The van der Waals surface area contributed by atoms with Gasteiger partial charge in [0.25, 0.3) is 0 Å². The maximum atomic E-state index is 13.5. The summed E-state index contributed by atoms with van der Waals surface area (Å²) in [5.41, 5.74) is -0.988. The predicted octanol–water partition coefficient (Wildman–Crippen LogP) is 3.96. The molecule has 1 rings (SSSR count). The van der Waals surface area contributed by atoms with Crippen LogP contribution in [-0.4, -0.2) is 9.30 Å². The fourth-order valence-electron chi connectivity index (χ4n) is 1.44. The first-order valence-electron chi connectivity index (χ1n) is 5.97. The van der Waals surface area contributed by atoms with E-state index in [-0.39, 0.29) is 0 Å². The second-order valence-electron chi connectivity index (χ2n) is 5.46. The molecular formula is C13H17F4NOS. The molecule has 0 bridgehead atoms. The van der Waals surface area contributed by atoms with Crippen molar-refractivity contribution in [2.75, 3.05) is 0 Å². The Kier molecular flexibility index (Phi) is 5.10. The Hall–Kier alpha value is -0.790. The van der Waals surface area contributed by atoms with Gasteiger partial charge in [-0.25, -0.2) is 4.39 Å². The van der Waals surface area contributed by atoms with Crippen LogP contribution in [0, 0.1) is 5.82 Å². The zero-order chi connectivity index (χ0) is 15.7. The summed E-state index contributed by atoms with van der Waals surface area (Å²) in [7, 11) is 0. The van der Waals surface area contributed by atoms with E-state index in [2.05, 4.69) is 4.72 Å². The molecule has 114 valence electrons. The molecule has 0 amide bonds. The molecule has 0 heterocycles. The molecule has 0 saturated heterocycles. The average molecular weight is 311 g/mol. The summed E-state index contributed by atoms with van der Waals surface area (Å²) in [5, 5.41) is 0. The van der Waals surface area contributed by atoms with Crippen LogP contribution in [0.4, 0.5) is 17.6 Å². The largest absolute Gasteiger partial charge is 0.598 e. The van der Waals surface area contributed by atoms with Crippen LogP contribution in [0.2, 0.25) is 0 Å². The number of nitrogens with one attached hydrogen (secondary N) is 1. The van der Waals surface area contributed by atoms with E-state index < -0.39 is 39.7 Å². The highest BCUT2D eigenvalue weighted by Crippen LogP contribution is 2.32. The van der Waals surface area contributed by atoms with Crippen molar-refractivity contribution in [2.24, 2.45) is 0 Å². The Bertz CT molecular complexity index is 470. The number of halogens is 4. The minimum Gasteiger partial charge on any atom is -0.598 e. The second-order valence-corrected chi connectivity index (χ2v) is 7.46. The highest BCUT2D eigenvalue weighted by atomic mass is 32.2. The van der Waals surface area contributed by atoms with E-state index in [1.807, 2.05) is 0 Å². The van der Waals surface area contributed by atoms with Crippen LogP contribution in [0.25, 0.3) is 0 Å². The minimum absolute atomic E-state index is 0.313. The molecule has 2 nitrogen and oxygen atoms in total. The van der Waals surface area contributed by atoms with Crippen molar-refractivity contribution in [2.45, 2.75) is 44.7 Å². The molecule has 1 N–H and O–H groups in total. The zero-order valence-electron chi connectivity index (χ0n) is 11.6. The standard InChI is InChI=1S/C13H17F4NOS/c1-8(18-20(19)12(2,3)4)9-5-6-10(11(14)7-9)13(15,16)17/h5-8,18H,1-4H3/t8-,20-/m0/s1. The molecule has 1 aromatic rings. The number of hydrogen-bond donors (Lipinski definition) is 1. The van der Waals surface area contributed by atoms with Crippen molar-refractivity contribution in [1.29, 1.82) is 0 Å².